The molecule has 0 fully saturated rings. The van der Waals surface area contributed by atoms with E-state index in [0.717, 1.165) is 49.4 Å². The molecule has 2 heterocycles. The highest BCUT2D eigenvalue weighted by Gasteiger charge is 2.21. The zero-order valence-corrected chi connectivity index (χ0v) is 29.1. The van der Waals surface area contributed by atoms with Gasteiger partial charge in [0, 0.05) is 16.2 Å². The number of rotatable bonds is 3. The number of fused-ring (bicyclic) bond motifs is 12. The number of furan rings is 2. The topological polar surface area (TPSA) is 26.3 Å². The summed E-state index contributed by atoms with van der Waals surface area (Å²) in [4.78, 5) is 0. The molecule has 0 spiro atoms. The molecule has 0 unspecified atom stereocenters. The third-order valence-corrected chi connectivity index (χ3v) is 11.4. The second-order valence-corrected chi connectivity index (χ2v) is 14.4. The molecule has 250 valence electrons. The second-order valence-electron chi connectivity index (χ2n) is 14.4. The summed E-state index contributed by atoms with van der Waals surface area (Å²) in [7, 11) is 0. The Morgan fingerprint density at radius 1 is 0.259 bits per heavy atom. The lowest BCUT2D eigenvalue weighted by atomic mass is 9.85. The fourth-order valence-electron chi connectivity index (χ4n) is 8.97. The maximum absolute atomic E-state index is 6.88. The van der Waals surface area contributed by atoms with Gasteiger partial charge in [-0.3, -0.25) is 0 Å². The smallest absolute Gasteiger partial charge is 0.147 e. The summed E-state index contributed by atoms with van der Waals surface area (Å²) in [6.45, 7) is 0. The Balaban J connectivity index is 1.07. The minimum Gasteiger partial charge on any atom is -0.456 e. The molecule has 0 atom stereocenters. The number of benzene rings is 10. The zero-order valence-electron chi connectivity index (χ0n) is 29.1. The molecule has 0 aliphatic heterocycles. The molecule has 0 saturated heterocycles. The van der Waals surface area contributed by atoms with Gasteiger partial charge >= 0.3 is 0 Å². The summed E-state index contributed by atoms with van der Waals surface area (Å²) in [6, 6.07) is 65.6. The van der Waals surface area contributed by atoms with E-state index in [1.807, 2.05) is 0 Å². The molecule has 0 saturated carbocycles. The van der Waals surface area contributed by atoms with Crippen LogP contribution in [0.5, 0.6) is 0 Å². The maximum atomic E-state index is 6.88. The molecule has 0 amide bonds. The van der Waals surface area contributed by atoms with Gasteiger partial charge in [0.2, 0.25) is 0 Å². The predicted molar refractivity (Wildman–Crippen MR) is 227 cm³/mol. The fourth-order valence-corrected chi connectivity index (χ4v) is 8.97. The molecule has 0 N–H and O–H groups in total. The van der Waals surface area contributed by atoms with Crippen molar-refractivity contribution in [1.82, 2.24) is 0 Å². The first-order valence-corrected chi connectivity index (χ1v) is 18.5. The van der Waals surface area contributed by atoms with Crippen molar-refractivity contribution >= 4 is 87.0 Å². The van der Waals surface area contributed by atoms with Gasteiger partial charge in [0.15, 0.2) is 0 Å². The van der Waals surface area contributed by atoms with E-state index in [9.17, 15) is 0 Å². The van der Waals surface area contributed by atoms with E-state index in [1.165, 1.54) is 70.9 Å². The van der Waals surface area contributed by atoms with Crippen LogP contribution in [0.25, 0.3) is 120 Å². The van der Waals surface area contributed by atoms with Crippen LogP contribution in [-0.4, -0.2) is 0 Å². The first-order valence-electron chi connectivity index (χ1n) is 18.5. The molecular formula is C52H30O2. The Kier molecular flexibility index (Phi) is 6.09. The third-order valence-electron chi connectivity index (χ3n) is 11.4. The molecular weight excluding hydrogens is 657 g/mol. The summed E-state index contributed by atoms with van der Waals surface area (Å²) >= 11 is 0. The SMILES string of the molecule is c1ccc(-c2ccc3cc(-c4c5ccccc5c(-c5ccc6c(c5)oc5c6ccc6oc7ccc8ccccc8c7c65)c5ccccc45)ccc3c2)cc1. The highest BCUT2D eigenvalue weighted by molar-refractivity contribution is 6.28. The Bertz CT molecular complexity index is 3430. The summed E-state index contributed by atoms with van der Waals surface area (Å²) in [5.41, 5.74) is 10.7. The van der Waals surface area contributed by atoms with Crippen LogP contribution >= 0.6 is 0 Å². The predicted octanol–water partition coefficient (Wildman–Crippen LogP) is 15.1. The van der Waals surface area contributed by atoms with Crippen molar-refractivity contribution in [2.45, 2.75) is 0 Å². The van der Waals surface area contributed by atoms with Crippen molar-refractivity contribution in [2.75, 3.05) is 0 Å². The monoisotopic (exact) mass is 686 g/mol. The van der Waals surface area contributed by atoms with E-state index in [4.69, 9.17) is 8.83 Å². The van der Waals surface area contributed by atoms with Crippen molar-refractivity contribution < 1.29 is 8.83 Å². The number of hydrogen-bond acceptors (Lipinski definition) is 2. The molecule has 0 aliphatic carbocycles. The summed E-state index contributed by atoms with van der Waals surface area (Å²) in [5.74, 6) is 0. The highest BCUT2D eigenvalue weighted by atomic mass is 16.3. The first-order chi connectivity index (χ1) is 26.8. The molecule has 2 aromatic heterocycles. The standard InChI is InChI=1S/C52H30O2/c1-2-10-31(11-3-1)33-18-19-35-29-36(21-20-34(35)28-33)48-40-14-6-8-16-42(40)49(43-17-9-7-15-41(43)48)37-22-24-39-44-25-27-46-51(52(44)54-47(39)30-37)50-38-13-5-4-12-32(38)23-26-45(50)53-46/h1-30H. The van der Waals surface area contributed by atoms with Gasteiger partial charge in [-0.1, -0.05) is 140 Å². The fraction of sp³-hybridized carbons (Fsp3) is 0. The van der Waals surface area contributed by atoms with Crippen LogP contribution in [0.15, 0.2) is 191 Å². The van der Waals surface area contributed by atoms with Crippen molar-refractivity contribution in [2.24, 2.45) is 0 Å². The molecule has 0 radical (unpaired) electrons. The van der Waals surface area contributed by atoms with Crippen molar-refractivity contribution in [3.63, 3.8) is 0 Å². The van der Waals surface area contributed by atoms with Gasteiger partial charge in [-0.25, -0.2) is 0 Å². The van der Waals surface area contributed by atoms with Crippen LogP contribution in [-0.2, 0) is 0 Å². The largest absolute Gasteiger partial charge is 0.456 e. The Morgan fingerprint density at radius 2 is 0.778 bits per heavy atom. The van der Waals surface area contributed by atoms with Gasteiger partial charge < -0.3 is 8.83 Å². The molecule has 12 rings (SSSR count). The molecule has 0 aliphatic rings. The molecule has 0 bridgehead atoms. The minimum atomic E-state index is 0.839. The van der Waals surface area contributed by atoms with Crippen molar-refractivity contribution in [3.8, 4) is 33.4 Å². The average molecular weight is 687 g/mol. The molecule has 10 aromatic carbocycles. The van der Waals surface area contributed by atoms with Gasteiger partial charge in [-0.2, -0.15) is 0 Å². The Hall–Kier alpha value is -7.16. The normalized spacial score (nSPS) is 12.1. The van der Waals surface area contributed by atoms with Gasteiger partial charge in [-0.05, 0) is 119 Å². The summed E-state index contributed by atoms with van der Waals surface area (Å²) in [5, 5.41) is 14.0. The van der Waals surface area contributed by atoms with E-state index in [-0.39, 0.29) is 0 Å². The van der Waals surface area contributed by atoms with Crippen LogP contribution < -0.4 is 0 Å². The van der Waals surface area contributed by atoms with E-state index in [2.05, 4.69) is 182 Å². The Labute approximate surface area is 310 Å². The lowest BCUT2D eigenvalue weighted by molar-refractivity contribution is 0.663. The quantitative estimate of drug-likeness (QED) is 0.173. The van der Waals surface area contributed by atoms with Gasteiger partial charge in [0.1, 0.15) is 22.3 Å². The van der Waals surface area contributed by atoms with Crippen LogP contribution in [0, 0.1) is 0 Å². The zero-order chi connectivity index (χ0) is 35.3. The van der Waals surface area contributed by atoms with Crippen molar-refractivity contribution in [3.05, 3.63) is 182 Å². The van der Waals surface area contributed by atoms with Crippen LogP contribution in [0.4, 0.5) is 0 Å². The average Bonchev–Trinajstić information content (AvgIpc) is 3.81. The van der Waals surface area contributed by atoms with E-state index in [1.54, 1.807) is 0 Å². The maximum Gasteiger partial charge on any atom is 0.147 e. The summed E-state index contributed by atoms with van der Waals surface area (Å²) < 4.78 is 13.3. The van der Waals surface area contributed by atoms with Crippen LogP contribution in [0.3, 0.4) is 0 Å². The lowest BCUT2D eigenvalue weighted by Crippen LogP contribution is -1.91. The third kappa shape index (κ3) is 4.22. The Morgan fingerprint density at radius 3 is 1.50 bits per heavy atom. The van der Waals surface area contributed by atoms with Gasteiger partial charge in [0.05, 0.1) is 5.39 Å². The first kappa shape index (κ1) is 29.4. The second kappa shape index (κ2) is 11.2. The van der Waals surface area contributed by atoms with Crippen LogP contribution in [0.2, 0.25) is 0 Å². The van der Waals surface area contributed by atoms with E-state index in [0.29, 0.717) is 0 Å². The van der Waals surface area contributed by atoms with E-state index < -0.39 is 0 Å². The molecule has 2 nitrogen and oxygen atoms in total. The number of hydrogen-bond donors (Lipinski definition) is 0. The molecule has 12 aromatic rings. The van der Waals surface area contributed by atoms with E-state index >= 15 is 0 Å². The molecule has 2 heteroatoms. The summed E-state index contributed by atoms with van der Waals surface area (Å²) in [6.07, 6.45) is 0. The highest BCUT2D eigenvalue weighted by Crippen LogP contribution is 2.46. The van der Waals surface area contributed by atoms with Crippen molar-refractivity contribution in [1.29, 1.82) is 0 Å². The van der Waals surface area contributed by atoms with Gasteiger partial charge in [-0.15, -0.1) is 0 Å². The minimum absolute atomic E-state index is 0.839. The lowest BCUT2D eigenvalue weighted by Gasteiger charge is -2.18. The molecule has 54 heavy (non-hydrogen) atoms. The van der Waals surface area contributed by atoms with Gasteiger partial charge in [0.25, 0.3) is 0 Å². The van der Waals surface area contributed by atoms with Crippen LogP contribution in [0.1, 0.15) is 0 Å².